The summed E-state index contributed by atoms with van der Waals surface area (Å²) in [7, 11) is -2.65. The van der Waals surface area contributed by atoms with Gasteiger partial charge in [-0.3, -0.25) is 9.52 Å². The third-order valence-electron chi connectivity index (χ3n) is 4.00. The molecule has 0 spiro atoms. The molecule has 156 valence electrons. The highest BCUT2D eigenvalue weighted by Gasteiger charge is 2.20. The van der Waals surface area contributed by atoms with Crippen LogP contribution in [0, 0.1) is 0 Å². The van der Waals surface area contributed by atoms with Crippen LogP contribution in [0.4, 0.5) is 5.69 Å². The lowest BCUT2D eigenvalue weighted by atomic mass is 10.2. The maximum absolute atomic E-state index is 12.8. The van der Waals surface area contributed by atoms with E-state index in [1.165, 1.54) is 36.3 Å². The third kappa shape index (κ3) is 4.75. The summed E-state index contributed by atoms with van der Waals surface area (Å²) in [5.41, 5.74) is 0.539. The Bertz CT molecular complexity index is 1170. The quantitative estimate of drug-likeness (QED) is 0.492. The minimum absolute atomic E-state index is 0.0173. The first kappa shape index (κ1) is 20.9. The topological polar surface area (TPSA) is 140 Å². The van der Waals surface area contributed by atoms with Crippen molar-refractivity contribution in [3.05, 3.63) is 66.5 Å². The molecule has 2 aromatic carbocycles. The van der Waals surface area contributed by atoms with Crippen LogP contribution in [0.1, 0.15) is 10.4 Å². The van der Waals surface area contributed by atoms with Crippen molar-refractivity contribution < 1.29 is 27.9 Å². The molecule has 10 nitrogen and oxygen atoms in total. The van der Waals surface area contributed by atoms with Gasteiger partial charge in [0.05, 0.1) is 29.3 Å². The van der Waals surface area contributed by atoms with Crippen LogP contribution >= 0.6 is 0 Å². The largest absolute Gasteiger partial charge is 0.482 e. The first-order valence-electron chi connectivity index (χ1n) is 8.64. The number of carboxylic acid groups (broad SMARTS) is 1. The summed E-state index contributed by atoms with van der Waals surface area (Å²) in [5.74, 6) is -1.79. The number of hydrogen-bond acceptors (Lipinski definition) is 6. The molecule has 0 saturated carbocycles. The highest BCUT2D eigenvalue weighted by atomic mass is 32.2. The molecular formula is C19H18N4O6S. The van der Waals surface area contributed by atoms with Gasteiger partial charge in [0.2, 0.25) is 0 Å². The van der Waals surface area contributed by atoms with E-state index < -0.39 is 28.5 Å². The number of rotatable bonds is 8. The van der Waals surface area contributed by atoms with E-state index in [9.17, 15) is 18.0 Å². The van der Waals surface area contributed by atoms with E-state index in [1.807, 2.05) is 6.07 Å². The predicted octanol–water partition coefficient (Wildman–Crippen LogP) is 1.50. The summed E-state index contributed by atoms with van der Waals surface area (Å²) >= 11 is 0. The second-order valence-electron chi connectivity index (χ2n) is 6.04. The van der Waals surface area contributed by atoms with Gasteiger partial charge in [-0.1, -0.05) is 18.2 Å². The zero-order valence-corrected chi connectivity index (χ0v) is 16.6. The van der Waals surface area contributed by atoms with Gasteiger partial charge in [0.15, 0.2) is 6.61 Å². The summed E-state index contributed by atoms with van der Waals surface area (Å²) in [4.78, 5) is 22.6. The number of carbonyl (C=O) groups excluding carboxylic acids is 1. The predicted molar refractivity (Wildman–Crippen MR) is 107 cm³/mol. The van der Waals surface area contributed by atoms with Crippen molar-refractivity contribution in [2.24, 2.45) is 0 Å². The summed E-state index contributed by atoms with van der Waals surface area (Å²) in [6.07, 6.45) is 2.53. The zero-order chi connectivity index (χ0) is 21.7. The minimum atomic E-state index is -4.06. The number of anilines is 1. The molecule has 30 heavy (non-hydrogen) atoms. The fraction of sp³-hybridized carbons (Fsp3) is 0.105. The highest BCUT2D eigenvalue weighted by molar-refractivity contribution is 7.92. The molecule has 0 fully saturated rings. The van der Waals surface area contributed by atoms with Crippen molar-refractivity contribution in [1.82, 2.24) is 15.1 Å². The van der Waals surface area contributed by atoms with Crippen LogP contribution in [0.5, 0.6) is 5.75 Å². The molecular weight excluding hydrogens is 412 g/mol. The van der Waals surface area contributed by atoms with E-state index >= 15 is 0 Å². The standard InChI is InChI=1S/C19H18N4O6S/c1-20-18(24)12-29-17-9-13(19(25)26)7-8-16(17)22-30(27,28)15-10-21-23(11-15)14-5-3-2-4-6-14/h2-11,22H,12H2,1H3,(H,20,24)(H,25,26). The average molecular weight is 430 g/mol. The first-order chi connectivity index (χ1) is 14.3. The molecule has 0 aliphatic rings. The molecule has 1 amide bonds. The van der Waals surface area contributed by atoms with E-state index in [-0.39, 0.29) is 21.9 Å². The lowest BCUT2D eigenvalue weighted by molar-refractivity contribution is -0.122. The van der Waals surface area contributed by atoms with Crippen LogP contribution in [0.25, 0.3) is 5.69 Å². The summed E-state index contributed by atoms with van der Waals surface area (Å²) in [6.45, 7) is -0.416. The number of likely N-dealkylation sites (N-methyl/N-ethyl adjacent to an activating group) is 1. The number of benzene rings is 2. The van der Waals surface area contributed by atoms with Crippen LogP contribution in [0.3, 0.4) is 0 Å². The molecule has 3 aromatic rings. The van der Waals surface area contributed by atoms with Crippen LogP contribution < -0.4 is 14.8 Å². The first-order valence-corrected chi connectivity index (χ1v) is 10.1. The minimum Gasteiger partial charge on any atom is -0.482 e. The Labute approximate surface area is 172 Å². The number of para-hydroxylation sites is 1. The number of sulfonamides is 1. The molecule has 0 saturated heterocycles. The van der Waals surface area contributed by atoms with Gasteiger partial charge >= 0.3 is 5.97 Å². The Morgan fingerprint density at radius 3 is 2.57 bits per heavy atom. The van der Waals surface area contributed by atoms with E-state index in [0.29, 0.717) is 5.69 Å². The van der Waals surface area contributed by atoms with E-state index in [2.05, 4.69) is 15.1 Å². The zero-order valence-electron chi connectivity index (χ0n) is 15.8. The SMILES string of the molecule is CNC(=O)COc1cc(C(=O)O)ccc1NS(=O)(=O)c1cnn(-c2ccccc2)c1. The van der Waals surface area contributed by atoms with Gasteiger partial charge < -0.3 is 15.2 Å². The number of amides is 1. The summed E-state index contributed by atoms with van der Waals surface area (Å²) in [6, 6.07) is 12.6. The van der Waals surface area contributed by atoms with Gasteiger partial charge in [-0.2, -0.15) is 5.10 Å². The van der Waals surface area contributed by atoms with Crippen LogP contribution in [-0.4, -0.2) is 48.8 Å². The van der Waals surface area contributed by atoms with Gasteiger partial charge in [0, 0.05) is 7.05 Å². The molecule has 3 rings (SSSR count). The monoisotopic (exact) mass is 430 g/mol. The second kappa shape index (κ2) is 8.66. The lowest BCUT2D eigenvalue weighted by Crippen LogP contribution is -2.25. The second-order valence-corrected chi connectivity index (χ2v) is 7.72. The normalized spacial score (nSPS) is 11.0. The van der Waals surface area contributed by atoms with E-state index in [1.54, 1.807) is 24.3 Å². The summed E-state index contributed by atoms with van der Waals surface area (Å²) < 4.78 is 34.7. The number of nitrogens with zero attached hydrogens (tertiary/aromatic N) is 2. The van der Waals surface area contributed by atoms with E-state index in [0.717, 1.165) is 6.07 Å². The van der Waals surface area contributed by atoms with Gasteiger partial charge in [0.1, 0.15) is 10.6 Å². The van der Waals surface area contributed by atoms with Crippen LogP contribution in [0.15, 0.2) is 65.8 Å². The fourth-order valence-electron chi connectivity index (χ4n) is 2.45. The number of carboxylic acids is 1. The van der Waals surface area contributed by atoms with Crippen molar-refractivity contribution in [3.8, 4) is 11.4 Å². The average Bonchev–Trinajstić information content (AvgIpc) is 3.24. The fourth-order valence-corrected chi connectivity index (χ4v) is 3.45. The lowest BCUT2D eigenvalue weighted by Gasteiger charge is -2.13. The van der Waals surface area contributed by atoms with E-state index in [4.69, 9.17) is 9.84 Å². The molecule has 0 unspecified atom stereocenters. The molecule has 11 heteroatoms. The Hall–Kier alpha value is -3.86. The molecule has 1 aromatic heterocycles. The Morgan fingerprint density at radius 2 is 1.90 bits per heavy atom. The van der Waals surface area contributed by atoms with Crippen molar-refractivity contribution in [2.45, 2.75) is 4.90 Å². The van der Waals surface area contributed by atoms with Gasteiger partial charge in [-0.05, 0) is 30.3 Å². The van der Waals surface area contributed by atoms with Crippen molar-refractivity contribution >= 4 is 27.6 Å². The Kier molecular flexibility index (Phi) is 6.02. The van der Waals surface area contributed by atoms with Gasteiger partial charge in [-0.15, -0.1) is 0 Å². The maximum atomic E-state index is 12.8. The Morgan fingerprint density at radius 1 is 1.17 bits per heavy atom. The summed E-state index contributed by atoms with van der Waals surface area (Å²) in [5, 5.41) is 15.6. The van der Waals surface area contributed by atoms with Crippen LogP contribution in [-0.2, 0) is 14.8 Å². The third-order valence-corrected chi connectivity index (χ3v) is 5.32. The highest BCUT2D eigenvalue weighted by Crippen LogP contribution is 2.28. The molecule has 0 aliphatic carbocycles. The smallest absolute Gasteiger partial charge is 0.335 e. The van der Waals surface area contributed by atoms with Crippen molar-refractivity contribution in [2.75, 3.05) is 18.4 Å². The number of nitrogens with one attached hydrogen (secondary N) is 2. The van der Waals surface area contributed by atoms with Gasteiger partial charge in [0.25, 0.3) is 15.9 Å². The van der Waals surface area contributed by atoms with Crippen molar-refractivity contribution in [3.63, 3.8) is 0 Å². The maximum Gasteiger partial charge on any atom is 0.335 e. The van der Waals surface area contributed by atoms with Gasteiger partial charge in [-0.25, -0.2) is 17.9 Å². The molecule has 1 heterocycles. The van der Waals surface area contributed by atoms with Crippen LogP contribution in [0.2, 0.25) is 0 Å². The van der Waals surface area contributed by atoms with Crippen molar-refractivity contribution in [1.29, 1.82) is 0 Å². The molecule has 0 aliphatic heterocycles. The molecule has 3 N–H and O–H groups in total. The number of aromatic nitrogens is 2. The number of hydrogen-bond donors (Lipinski definition) is 3. The molecule has 0 atom stereocenters. The number of carbonyl (C=O) groups is 2. The number of aromatic carboxylic acids is 1. The Balaban J connectivity index is 1.89. The number of ether oxygens (including phenoxy) is 1. The molecule has 0 radical (unpaired) electrons. The molecule has 0 bridgehead atoms.